The second kappa shape index (κ2) is 8.69. The molecule has 1 unspecified atom stereocenters. The number of amides is 2. The number of esters is 1. The molecule has 1 N–H and O–H groups in total. The highest BCUT2D eigenvalue weighted by Crippen LogP contribution is 2.33. The highest BCUT2D eigenvalue weighted by Gasteiger charge is 2.34. The summed E-state index contributed by atoms with van der Waals surface area (Å²) in [5.41, 5.74) is 3.62. The average molecular weight is 380 g/mol. The van der Waals surface area contributed by atoms with Gasteiger partial charge in [-0.2, -0.15) is 0 Å². The highest BCUT2D eigenvalue weighted by atomic mass is 16.5. The lowest BCUT2D eigenvalue weighted by atomic mass is 10.0. The summed E-state index contributed by atoms with van der Waals surface area (Å²) in [5.74, 6) is -0.867. The third kappa shape index (κ3) is 4.39. The van der Waals surface area contributed by atoms with Gasteiger partial charge < -0.3 is 15.0 Å². The predicted octanol–water partition coefficient (Wildman–Crippen LogP) is 2.76. The van der Waals surface area contributed by atoms with Gasteiger partial charge in [0, 0.05) is 12.1 Å². The molecule has 0 saturated carbocycles. The molecule has 28 heavy (non-hydrogen) atoms. The van der Waals surface area contributed by atoms with Crippen LogP contribution in [-0.4, -0.2) is 35.8 Å². The smallest absolute Gasteiger partial charge is 0.325 e. The minimum absolute atomic E-state index is 0.0716. The van der Waals surface area contributed by atoms with Crippen LogP contribution in [0.25, 0.3) is 0 Å². The first-order valence-corrected chi connectivity index (χ1v) is 9.37. The molecule has 0 aromatic heterocycles. The Morgan fingerprint density at radius 3 is 2.54 bits per heavy atom. The maximum absolute atomic E-state index is 12.9. The van der Waals surface area contributed by atoms with Gasteiger partial charge in [-0.15, -0.1) is 0 Å². The van der Waals surface area contributed by atoms with E-state index in [1.165, 1.54) is 0 Å². The number of nitrogens with zero attached hydrogens (tertiary/aromatic N) is 1. The largest absolute Gasteiger partial charge is 0.465 e. The maximum Gasteiger partial charge on any atom is 0.325 e. The van der Waals surface area contributed by atoms with Gasteiger partial charge in [-0.05, 0) is 31.0 Å². The summed E-state index contributed by atoms with van der Waals surface area (Å²) in [6.07, 6.45) is 0.0716. The molecule has 146 valence electrons. The number of ether oxygens (including phenoxy) is 1. The van der Waals surface area contributed by atoms with Gasteiger partial charge in [0.05, 0.1) is 19.1 Å². The lowest BCUT2D eigenvalue weighted by molar-refractivity contribution is -0.143. The Bertz CT molecular complexity index is 876. The monoisotopic (exact) mass is 380 g/mol. The van der Waals surface area contributed by atoms with Gasteiger partial charge >= 0.3 is 5.97 Å². The maximum atomic E-state index is 12.9. The fourth-order valence-corrected chi connectivity index (χ4v) is 3.36. The van der Waals surface area contributed by atoms with Crippen molar-refractivity contribution in [2.45, 2.75) is 32.9 Å². The van der Waals surface area contributed by atoms with Crippen molar-refractivity contribution in [1.29, 1.82) is 0 Å². The normalized spacial score (nSPS) is 13.8. The zero-order chi connectivity index (χ0) is 20.1. The number of hydrogen-bond acceptors (Lipinski definition) is 4. The number of nitrogens with one attached hydrogen (secondary N) is 1. The minimum Gasteiger partial charge on any atom is -0.465 e. The van der Waals surface area contributed by atoms with E-state index in [0.717, 1.165) is 16.7 Å². The number of carbonyl (C=O) groups is 3. The van der Waals surface area contributed by atoms with Crippen molar-refractivity contribution < 1.29 is 19.1 Å². The molecule has 0 saturated heterocycles. The standard InChI is InChI=1S/C22H24N2O4/c1-3-28-21(26)13-23-20(25)12-19(16-10-8-15(2)9-11-16)24-14-17-6-4-5-7-18(17)22(24)27/h4-11,19H,3,12-14H2,1-2H3,(H,23,25). The molecule has 2 aromatic carbocycles. The van der Waals surface area contributed by atoms with Crippen LogP contribution < -0.4 is 5.32 Å². The molecule has 6 heteroatoms. The highest BCUT2D eigenvalue weighted by molar-refractivity contribution is 5.99. The van der Waals surface area contributed by atoms with Crippen molar-refractivity contribution in [1.82, 2.24) is 10.2 Å². The van der Waals surface area contributed by atoms with Crippen LogP contribution in [0.1, 0.15) is 46.4 Å². The summed E-state index contributed by atoms with van der Waals surface area (Å²) < 4.78 is 4.84. The van der Waals surface area contributed by atoms with Gasteiger partial charge in [0.15, 0.2) is 0 Å². The van der Waals surface area contributed by atoms with Crippen molar-refractivity contribution in [2.75, 3.05) is 13.2 Å². The Hall–Kier alpha value is -3.15. The second-order valence-corrected chi connectivity index (χ2v) is 6.80. The second-order valence-electron chi connectivity index (χ2n) is 6.80. The van der Waals surface area contributed by atoms with Crippen molar-refractivity contribution in [3.8, 4) is 0 Å². The van der Waals surface area contributed by atoms with E-state index in [1.54, 1.807) is 11.8 Å². The van der Waals surface area contributed by atoms with Crippen LogP contribution in [0.2, 0.25) is 0 Å². The first-order valence-electron chi connectivity index (χ1n) is 9.37. The summed E-state index contributed by atoms with van der Waals surface area (Å²) in [6, 6.07) is 14.9. The van der Waals surface area contributed by atoms with E-state index in [4.69, 9.17) is 4.74 Å². The molecule has 0 aliphatic carbocycles. The van der Waals surface area contributed by atoms with E-state index in [2.05, 4.69) is 5.32 Å². The molecule has 1 heterocycles. The van der Waals surface area contributed by atoms with Gasteiger partial charge in [-0.25, -0.2) is 0 Å². The van der Waals surface area contributed by atoms with Crippen LogP contribution in [0.5, 0.6) is 0 Å². The van der Waals surface area contributed by atoms with Crippen LogP contribution in [-0.2, 0) is 20.9 Å². The molecule has 6 nitrogen and oxygen atoms in total. The van der Waals surface area contributed by atoms with Crippen LogP contribution in [0.15, 0.2) is 48.5 Å². The van der Waals surface area contributed by atoms with Crippen LogP contribution >= 0.6 is 0 Å². The Morgan fingerprint density at radius 1 is 1.14 bits per heavy atom. The molecule has 1 atom stereocenters. The molecule has 0 bridgehead atoms. The molecular formula is C22H24N2O4. The molecule has 2 aromatic rings. The van der Waals surface area contributed by atoms with E-state index in [-0.39, 0.29) is 31.4 Å². The molecule has 0 radical (unpaired) electrons. The Labute approximate surface area is 164 Å². The zero-order valence-electron chi connectivity index (χ0n) is 16.1. The predicted molar refractivity (Wildman–Crippen MR) is 104 cm³/mol. The number of aryl methyl sites for hydroxylation is 1. The molecule has 0 spiro atoms. The van der Waals surface area contributed by atoms with Gasteiger partial charge in [0.1, 0.15) is 6.54 Å². The topological polar surface area (TPSA) is 75.7 Å². The molecule has 1 aliphatic rings. The van der Waals surface area contributed by atoms with Crippen LogP contribution in [0, 0.1) is 6.92 Å². The van der Waals surface area contributed by atoms with E-state index >= 15 is 0 Å². The van der Waals surface area contributed by atoms with Crippen LogP contribution in [0.4, 0.5) is 0 Å². The van der Waals surface area contributed by atoms with E-state index < -0.39 is 12.0 Å². The lowest BCUT2D eigenvalue weighted by Gasteiger charge is -2.28. The summed E-state index contributed by atoms with van der Waals surface area (Å²) in [5, 5.41) is 2.59. The van der Waals surface area contributed by atoms with Crippen molar-refractivity contribution in [2.24, 2.45) is 0 Å². The Morgan fingerprint density at radius 2 is 1.86 bits per heavy atom. The van der Waals surface area contributed by atoms with Gasteiger partial charge in [-0.3, -0.25) is 14.4 Å². The lowest BCUT2D eigenvalue weighted by Crippen LogP contribution is -2.36. The minimum atomic E-state index is -0.479. The van der Waals surface area contributed by atoms with Crippen LogP contribution in [0.3, 0.4) is 0 Å². The van der Waals surface area contributed by atoms with Crippen molar-refractivity contribution >= 4 is 17.8 Å². The third-order valence-corrected chi connectivity index (χ3v) is 4.80. The van der Waals surface area contributed by atoms with Crippen molar-refractivity contribution in [3.05, 3.63) is 70.8 Å². The van der Waals surface area contributed by atoms with Gasteiger partial charge in [0.2, 0.25) is 5.91 Å². The first-order chi connectivity index (χ1) is 13.5. The van der Waals surface area contributed by atoms with E-state index in [1.807, 2.05) is 55.5 Å². The number of benzene rings is 2. The Kier molecular flexibility index (Phi) is 6.09. The first kappa shape index (κ1) is 19.6. The summed E-state index contributed by atoms with van der Waals surface area (Å²) in [7, 11) is 0. The Balaban J connectivity index is 1.79. The van der Waals surface area contributed by atoms with Gasteiger partial charge in [0.25, 0.3) is 5.91 Å². The molecule has 3 rings (SSSR count). The van der Waals surface area contributed by atoms with E-state index in [9.17, 15) is 14.4 Å². The van der Waals surface area contributed by atoms with Gasteiger partial charge in [-0.1, -0.05) is 48.0 Å². The third-order valence-electron chi connectivity index (χ3n) is 4.80. The fourth-order valence-electron chi connectivity index (χ4n) is 3.36. The average Bonchev–Trinajstić information content (AvgIpc) is 3.02. The quantitative estimate of drug-likeness (QED) is 0.750. The van der Waals surface area contributed by atoms with Crippen molar-refractivity contribution in [3.63, 3.8) is 0 Å². The number of carbonyl (C=O) groups excluding carboxylic acids is 3. The fraction of sp³-hybridized carbons (Fsp3) is 0.318. The molecule has 1 aliphatic heterocycles. The molecule has 0 fully saturated rings. The summed E-state index contributed by atoms with van der Waals surface area (Å²) in [6.45, 7) is 4.24. The summed E-state index contributed by atoms with van der Waals surface area (Å²) >= 11 is 0. The zero-order valence-corrected chi connectivity index (χ0v) is 16.1. The molecule has 2 amide bonds. The number of fused-ring (bicyclic) bond motifs is 1. The number of rotatable bonds is 7. The SMILES string of the molecule is CCOC(=O)CNC(=O)CC(c1ccc(C)cc1)N1Cc2ccccc2C1=O. The molecular weight excluding hydrogens is 356 g/mol. The summed E-state index contributed by atoms with van der Waals surface area (Å²) in [4.78, 5) is 38.6. The number of hydrogen-bond donors (Lipinski definition) is 1. The van der Waals surface area contributed by atoms with E-state index in [0.29, 0.717) is 12.1 Å².